The summed E-state index contributed by atoms with van der Waals surface area (Å²) >= 11 is 0. The third-order valence-electron chi connectivity index (χ3n) is 5.66. The number of nitrogens with zero attached hydrogens (tertiary/aromatic N) is 2. The van der Waals surface area contributed by atoms with Crippen LogP contribution in [0.3, 0.4) is 0 Å². The second kappa shape index (κ2) is 8.57. The van der Waals surface area contributed by atoms with Gasteiger partial charge in [0.15, 0.2) is 5.76 Å². The lowest BCUT2D eigenvalue weighted by atomic mass is 9.80. The number of aromatic nitrogens is 1. The van der Waals surface area contributed by atoms with Gasteiger partial charge in [0.1, 0.15) is 17.6 Å². The molecule has 2 aromatic heterocycles. The zero-order valence-electron chi connectivity index (χ0n) is 17.2. The quantitative estimate of drug-likeness (QED) is 0.537. The van der Waals surface area contributed by atoms with Crippen LogP contribution >= 0.6 is 0 Å². The Morgan fingerprint density at radius 3 is 2.81 bits per heavy atom. The van der Waals surface area contributed by atoms with Crippen molar-refractivity contribution < 1.29 is 13.6 Å². The van der Waals surface area contributed by atoms with E-state index in [0.717, 1.165) is 29.5 Å². The van der Waals surface area contributed by atoms with Gasteiger partial charge in [0, 0.05) is 17.3 Å². The predicted molar refractivity (Wildman–Crippen MR) is 117 cm³/mol. The minimum atomic E-state index is -0.426. The summed E-state index contributed by atoms with van der Waals surface area (Å²) in [4.78, 5) is 17.0. The number of carbonyl (C=O) groups is 1. The number of carbonyl (C=O) groups excluding carboxylic acids is 1. The van der Waals surface area contributed by atoms with E-state index in [1.165, 1.54) is 31.0 Å². The zero-order chi connectivity index (χ0) is 22.0. The van der Waals surface area contributed by atoms with E-state index in [9.17, 15) is 14.4 Å². The summed E-state index contributed by atoms with van der Waals surface area (Å²) in [5, 5.41) is 12.1. The van der Waals surface area contributed by atoms with E-state index in [2.05, 4.69) is 16.9 Å². The van der Waals surface area contributed by atoms with Gasteiger partial charge in [0.2, 0.25) is 0 Å². The molecule has 1 aliphatic rings. The van der Waals surface area contributed by atoms with Crippen LogP contribution in [0.5, 0.6) is 0 Å². The highest BCUT2D eigenvalue weighted by atomic mass is 19.1. The predicted octanol–water partition coefficient (Wildman–Crippen LogP) is 5.98. The van der Waals surface area contributed by atoms with Crippen molar-refractivity contribution in [3.63, 3.8) is 0 Å². The molecule has 2 heterocycles. The number of benzene rings is 1. The summed E-state index contributed by atoms with van der Waals surface area (Å²) in [7, 11) is 0. The molecule has 0 unspecified atom stereocenters. The first-order valence-electron chi connectivity index (χ1n) is 10.2. The topological polar surface area (TPSA) is 78.9 Å². The lowest BCUT2D eigenvalue weighted by Gasteiger charge is -2.27. The van der Waals surface area contributed by atoms with Crippen molar-refractivity contribution in [1.82, 2.24) is 4.98 Å². The van der Waals surface area contributed by atoms with Crippen molar-refractivity contribution in [3.05, 3.63) is 77.8 Å². The third-order valence-corrected chi connectivity index (χ3v) is 5.66. The van der Waals surface area contributed by atoms with Crippen molar-refractivity contribution in [2.24, 2.45) is 5.92 Å². The summed E-state index contributed by atoms with van der Waals surface area (Å²) < 4.78 is 20.0. The molecule has 1 aromatic carbocycles. The van der Waals surface area contributed by atoms with E-state index in [0.29, 0.717) is 29.2 Å². The molecule has 31 heavy (non-hydrogen) atoms. The maximum Gasteiger partial charge on any atom is 0.291 e. The standard InChI is InChI=1S/C25H22FN3O2/c1-15(2)19-11-23(31-14-19)25(30)29-24-18(8-16-4-3-5-16)9-20(26)12-22(24)17-6-7-28-21(10-17)13-27/h6-7,9-12,14,16H,1,3-5,8H2,2H3,(H,29,30). The zero-order valence-corrected chi connectivity index (χ0v) is 17.2. The van der Waals surface area contributed by atoms with Gasteiger partial charge in [-0.1, -0.05) is 25.8 Å². The molecule has 4 rings (SSSR count). The first kappa shape index (κ1) is 20.5. The number of hydrogen-bond donors (Lipinski definition) is 1. The molecule has 1 aliphatic carbocycles. The molecule has 1 fully saturated rings. The molecule has 0 saturated heterocycles. The van der Waals surface area contributed by atoms with Crippen LogP contribution in [0.2, 0.25) is 0 Å². The van der Waals surface area contributed by atoms with Crippen LogP contribution in [0.4, 0.5) is 10.1 Å². The maximum absolute atomic E-state index is 14.6. The molecule has 0 radical (unpaired) electrons. The van der Waals surface area contributed by atoms with Gasteiger partial charge in [-0.15, -0.1) is 0 Å². The number of nitrogens with one attached hydrogen (secondary N) is 1. The number of hydrogen-bond acceptors (Lipinski definition) is 4. The number of anilines is 1. The second-order valence-corrected chi connectivity index (χ2v) is 7.96. The van der Waals surface area contributed by atoms with Gasteiger partial charge in [-0.25, -0.2) is 9.37 Å². The van der Waals surface area contributed by atoms with Crippen LogP contribution in [0.1, 0.15) is 53.6 Å². The fourth-order valence-electron chi connectivity index (χ4n) is 3.72. The number of pyridine rings is 1. The minimum Gasteiger partial charge on any atom is -0.459 e. The van der Waals surface area contributed by atoms with Crippen LogP contribution in [-0.2, 0) is 6.42 Å². The van der Waals surface area contributed by atoms with Crippen LogP contribution in [-0.4, -0.2) is 10.9 Å². The van der Waals surface area contributed by atoms with E-state index in [1.54, 1.807) is 18.2 Å². The summed E-state index contributed by atoms with van der Waals surface area (Å²) in [5.74, 6) is -0.198. The Morgan fingerprint density at radius 1 is 1.35 bits per heavy atom. The first-order valence-corrected chi connectivity index (χ1v) is 10.2. The molecular weight excluding hydrogens is 393 g/mol. The van der Waals surface area contributed by atoms with Crippen molar-refractivity contribution in [3.8, 4) is 17.2 Å². The molecule has 0 spiro atoms. The van der Waals surface area contributed by atoms with E-state index in [-0.39, 0.29) is 17.3 Å². The Bertz CT molecular complexity index is 1200. The number of halogens is 1. The number of nitriles is 1. The summed E-state index contributed by atoms with van der Waals surface area (Å²) in [6, 6.07) is 9.77. The van der Waals surface area contributed by atoms with Crippen LogP contribution in [0.15, 0.2) is 53.8 Å². The molecule has 5 nitrogen and oxygen atoms in total. The van der Waals surface area contributed by atoms with Gasteiger partial charge in [-0.05, 0) is 66.3 Å². The Hall–Kier alpha value is -3.72. The Labute approximate surface area is 180 Å². The van der Waals surface area contributed by atoms with E-state index in [4.69, 9.17) is 4.42 Å². The van der Waals surface area contributed by atoms with Gasteiger partial charge in [0.25, 0.3) is 5.91 Å². The number of rotatable bonds is 6. The lowest BCUT2D eigenvalue weighted by molar-refractivity contribution is 0.0996. The molecule has 0 aliphatic heterocycles. The molecule has 1 saturated carbocycles. The maximum atomic E-state index is 14.6. The van der Waals surface area contributed by atoms with Crippen molar-refractivity contribution in [2.45, 2.75) is 32.6 Å². The third kappa shape index (κ3) is 4.41. The van der Waals surface area contributed by atoms with Gasteiger partial charge >= 0.3 is 0 Å². The van der Waals surface area contributed by atoms with Gasteiger partial charge in [-0.3, -0.25) is 4.79 Å². The molecule has 1 amide bonds. The Balaban J connectivity index is 1.77. The van der Waals surface area contributed by atoms with Gasteiger partial charge < -0.3 is 9.73 Å². The van der Waals surface area contributed by atoms with Crippen LogP contribution in [0, 0.1) is 23.1 Å². The smallest absolute Gasteiger partial charge is 0.291 e. The lowest BCUT2D eigenvalue weighted by Crippen LogP contribution is -2.18. The fraction of sp³-hybridized carbons (Fsp3) is 0.240. The van der Waals surface area contributed by atoms with Crippen LogP contribution in [0.25, 0.3) is 16.7 Å². The van der Waals surface area contributed by atoms with Crippen molar-refractivity contribution in [1.29, 1.82) is 5.26 Å². The largest absolute Gasteiger partial charge is 0.459 e. The van der Waals surface area contributed by atoms with Crippen LogP contribution < -0.4 is 5.32 Å². The summed E-state index contributed by atoms with van der Waals surface area (Å²) in [6.45, 7) is 5.69. The first-order chi connectivity index (χ1) is 14.9. The second-order valence-electron chi connectivity index (χ2n) is 7.96. The van der Waals surface area contributed by atoms with Crippen molar-refractivity contribution in [2.75, 3.05) is 5.32 Å². The number of furan rings is 1. The highest BCUT2D eigenvalue weighted by Crippen LogP contribution is 2.38. The average Bonchev–Trinajstić information content (AvgIpc) is 3.23. The van der Waals surface area contributed by atoms with Gasteiger partial charge in [0.05, 0.1) is 12.0 Å². The molecule has 156 valence electrons. The monoisotopic (exact) mass is 415 g/mol. The SMILES string of the molecule is C=C(C)c1coc(C(=O)Nc2c(CC3CCC3)cc(F)cc2-c2ccnc(C#N)c2)c1. The molecule has 6 heteroatoms. The number of allylic oxidation sites excluding steroid dienone is 1. The minimum absolute atomic E-state index is 0.148. The molecular formula is C25H22FN3O2. The Morgan fingerprint density at radius 2 is 2.16 bits per heavy atom. The summed E-state index contributed by atoms with van der Waals surface area (Å²) in [5.41, 5.74) is 4.13. The molecule has 3 aromatic rings. The Kier molecular flexibility index (Phi) is 5.68. The van der Waals surface area contributed by atoms with E-state index in [1.807, 2.05) is 13.0 Å². The normalized spacial score (nSPS) is 13.3. The van der Waals surface area contributed by atoms with E-state index < -0.39 is 5.91 Å². The van der Waals surface area contributed by atoms with E-state index >= 15 is 0 Å². The molecule has 0 atom stereocenters. The van der Waals surface area contributed by atoms with Crippen molar-refractivity contribution >= 4 is 17.2 Å². The summed E-state index contributed by atoms with van der Waals surface area (Å²) in [6.07, 6.45) is 7.01. The number of amides is 1. The fourth-order valence-corrected chi connectivity index (χ4v) is 3.72. The highest BCUT2D eigenvalue weighted by Gasteiger charge is 2.23. The average molecular weight is 415 g/mol. The highest BCUT2D eigenvalue weighted by molar-refractivity contribution is 6.05. The van der Waals surface area contributed by atoms with Gasteiger partial charge in [-0.2, -0.15) is 5.26 Å². The molecule has 0 bridgehead atoms. The molecule has 1 N–H and O–H groups in total.